The molecule has 1 fully saturated rings. The molecule has 3 rings (SSSR count). The van der Waals surface area contributed by atoms with Crippen LogP contribution in [0.5, 0.6) is 0 Å². The van der Waals surface area contributed by atoms with Crippen LogP contribution < -0.4 is 0 Å². The van der Waals surface area contributed by atoms with Gasteiger partial charge in [0.2, 0.25) is 23.6 Å². The molecule has 0 radical (unpaired) electrons. The van der Waals surface area contributed by atoms with Crippen LogP contribution in [0, 0.1) is 0 Å². The molecule has 2 atom stereocenters. The minimum atomic E-state index is -0.813. The summed E-state index contributed by atoms with van der Waals surface area (Å²) in [5, 5.41) is 0. The summed E-state index contributed by atoms with van der Waals surface area (Å²) in [6.45, 7) is 8.35. The zero-order chi connectivity index (χ0) is 15.4. The Morgan fingerprint density at radius 2 is 1.90 bits per heavy atom. The minimum absolute atomic E-state index is 0.241. The number of ether oxygens (including phenoxy) is 6. The maximum absolute atomic E-state index is 11.3. The highest BCUT2D eigenvalue weighted by Crippen LogP contribution is 2.44. The van der Waals surface area contributed by atoms with E-state index in [-0.39, 0.29) is 11.5 Å². The van der Waals surface area contributed by atoms with Crippen LogP contribution in [0.3, 0.4) is 0 Å². The van der Waals surface area contributed by atoms with Gasteiger partial charge in [0.15, 0.2) is 17.7 Å². The Morgan fingerprint density at radius 3 is 2.48 bits per heavy atom. The molecule has 7 nitrogen and oxygen atoms in total. The molecule has 0 spiro atoms. The van der Waals surface area contributed by atoms with E-state index in [9.17, 15) is 4.79 Å². The van der Waals surface area contributed by atoms with Crippen molar-refractivity contribution in [1.82, 2.24) is 0 Å². The maximum Gasteiger partial charge on any atom is 0.307 e. The van der Waals surface area contributed by atoms with Gasteiger partial charge in [-0.2, -0.15) is 0 Å². The van der Waals surface area contributed by atoms with Gasteiger partial charge in [-0.1, -0.05) is 0 Å². The summed E-state index contributed by atoms with van der Waals surface area (Å²) in [7, 11) is 0. The van der Waals surface area contributed by atoms with Crippen molar-refractivity contribution in [2.45, 2.75) is 58.6 Å². The van der Waals surface area contributed by atoms with Gasteiger partial charge in [-0.3, -0.25) is 4.79 Å². The molecular weight excluding hydrogens is 280 g/mol. The maximum atomic E-state index is 11.3. The molecule has 0 aromatic rings. The van der Waals surface area contributed by atoms with Crippen LogP contribution in [-0.4, -0.2) is 29.9 Å². The fourth-order valence-electron chi connectivity index (χ4n) is 2.34. The average molecular weight is 298 g/mol. The molecule has 0 saturated carbocycles. The summed E-state index contributed by atoms with van der Waals surface area (Å²) in [5.41, 5.74) is 0. The lowest BCUT2D eigenvalue weighted by molar-refractivity contribution is -0.185. The minimum Gasteiger partial charge on any atom is -0.457 e. The second kappa shape index (κ2) is 4.38. The number of esters is 1. The highest BCUT2D eigenvalue weighted by atomic mass is 16.8. The van der Waals surface area contributed by atoms with Gasteiger partial charge in [-0.15, -0.1) is 0 Å². The molecule has 0 aromatic heterocycles. The Bertz CT molecular complexity index is 544. The molecule has 116 valence electrons. The van der Waals surface area contributed by atoms with Crippen LogP contribution in [0.4, 0.5) is 0 Å². The number of fused-ring (bicyclic) bond motifs is 1. The fraction of sp³-hybridized carbons (Fsp3) is 0.643. The Labute approximate surface area is 122 Å². The summed E-state index contributed by atoms with van der Waals surface area (Å²) < 4.78 is 33.3. The van der Waals surface area contributed by atoms with Gasteiger partial charge in [0.05, 0.1) is 0 Å². The molecule has 7 heteroatoms. The predicted octanol–water partition coefficient (Wildman–Crippen LogP) is 1.89. The molecule has 3 aliphatic rings. The van der Waals surface area contributed by atoms with Crippen molar-refractivity contribution in [2.75, 3.05) is 0 Å². The van der Waals surface area contributed by atoms with Gasteiger partial charge >= 0.3 is 5.97 Å². The van der Waals surface area contributed by atoms with E-state index in [1.807, 2.05) is 0 Å². The predicted molar refractivity (Wildman–Crippen MR) is 68.0 cm³/mol. The third kappa shape index (κ3) is 2.58. The van der Waals surface area contributed by atoms with Crippen molar-refractivity contribution in [3.8, 4) is 0 Å². The molecule has 21 heavy (non-hydrogen) atoms. The molecule has 0 aromatic carbocycles. The van der Waals surface area contributed by atoms with E-state index >= 15 is 0 Å². The third-order valence-corrected chi connectivity index (χ3v) is 3.06. The van der Waals surface area contributed by atoms with Crippen LogP contribution in [0.2, 0.25) is 0 Å². The van der Waals surface area contributed by atoms with E-state index in [4.69, 9.17) is 28.4 Å². The van der Waals surface area contributed by atoms with E-state index < -0.39 is 29.9 Å². The summed E-state index contributed by atoms with van der Waals surface area (Å²) in [6, 6.07) is 0. The lowest BCUT2D eigenvalue weighted by Gasteiger charge is -2.21. The average Bonchev–Trinajstić information content (AvgIpc) is 2.90. The summed E-state index contributed by atoms with van der Waals surface area (Å²) >= 11 is 0. The monoisotopic (exact) mass is 298 g/mol. The summed E-state index contributed by atoms with van der Waals surface area (Å²) in [5.74, 6) is -1.24. The van der Waals surface area contributed by atoms with Gasteiger partial charge in [-0.25, -0.2) is 0 Å². The Morgan fingerprint density at radius 1 is 1.19 bits per heavy atom. The van der Waals surface area contributed by atoms with E-state index in [1.54, 1.807) is 27.7 Å². The van der Waals surface area contributed by atoms with Crippen molar-refractivity contribution in [3.63, 3.8) is 0 Å². The van der Waals surface area contributed by atoms with Gasteiger partial charge in [0, 0.05) is 20.8 Å². The first-order valence-electron chi connectivity index (χ1n) is 6.69. The standard InChI is InChI=1S/C14H18O7/c1-7(15)17-10-9(8-6-16-13(2,3)19-8)18-12-11(10)20-14(4,5)21-12/h6,11-12H,1-5H3/t11-,12-/m1/s1. The summed E-state index contributed by atoms with van der Waals surface area (Å²) in [6.07, 6.45) is 0.120. The lowest BCUT2D eigenvalue weighted by Crippen LogP contribution is -2.24. The van der Waals surface area contributed by atoms with Gasteiger partial charge in [-0.05, 0) is 13.8 Å². The third-order valence-electron chi connectivity index (χ3n) is 3.06. The highest BCUT2D eigenvalue weighted by Gasteiger charge is 2.53. The van der Waals surface area contributed by atoms with Crippen molar-refractivity contribution >= 4 is 5.97 Å². The Kier molecular flexibility index (Phi) is 2.97. The topological polar surface area (TPSA) is 72.5 Å². The quantitative estimate of drug-likeness (QED) is 0.721. The van der Waals surface area contributed by atoms with Crippen molar-refractivity contribution in [1.29, 1.82) is 0 Å². The van der Waals surface area contributed by atoms with Gasteiger partial charge in [0.1, 0.15) is 6.26 Å². The largest absolute Gasteiger partial charge is 0.457 e. The van der Waals surface area contributed by atoms with Crippen LogP contribution >= 0.6 is 0 Å². The van der Waals surface area contributed by atoms with Crippen molar-refractivity contribution < 1.29 is 33.2 Å². The second-order valence-corrected chi connectivity index (χ2v) is 5.93. The first kappa shape index (κ1) is 14.2. The van der Waals surface area contributed by atoms with E-state index in [1.165, 1.54) is 13.2 Å². The van der Waals surface area contributed by atoms with E-state index in [2.05, 4.69) is 0 Å². The first-order valence-corrected chi connectivity index (χ1v) is 6.69. The SMILES string of the molecule is CC(=O)OC1=C(C2=COC(C)(C)O2)O[C@@H]2OC(C)(C)O[C@H]12. The molecule has 3 heterocycles. The molecule has 1 saturated heterocycles. The van der Waals surface area contributed by atoms with Crippen LogP contribution in [0.15, 0.2) is 23.5 Å². The van der Waals surface area contributed by atoms with Crippen molar-refractivity contribution in [2.24, 2.45) is 0 Å². The number of carbonyl (C=O) groups is 1. The zero-order valence-corrected chi connectivity index (χ0v) is 12.6. The number of hydrogen-bond acceptors (Lipinski definition) is 7. The van der Waals surface area contributed by atoms with E-state index in [0.29, 0.717) is 5.76 Å². The highest BCUT2D eigenvalue weighted by molar-refractivity contribution is 5.68. The summed E-state index contributed by atoms with van der Waals surface area (Å²) in [4.78, 5) is 11.3. The zero-order valence-electron chi connectivity index (χ0n) is 12.6. The number of rotatable bonds is 2. The lowest BCUT2D eigenvalue weighted by atomic mass is 10.2. The van der Waals surface area contributed by atoms with Crippen molar-refractivity contribution in [3.05, 3.63) is 23.5 Å². The molecule has 0 amide bonds. The molecular formula is C14H18O7. The second-order valence-electron chi connectivity index (χ2n) is 5.93. The van der Waals surface area contributed by atoms with Gasteiger partial charge < -0.3 is 28.4 Å². The smallest absolute Gasteiger partial charge is 0.307 e. The molecule has 0 aliphatic carbocycles. The molecule has 0 N–H and O–H groups in total. The van der Waals surface area contributed by atoms with Crippen LogP contribution in [-0.2, 0) is 33.2 Å². The Balaban J connectivity index is 1.91. The number of carbonyl (C=O) groups excluding carboxylic acids is 1. The van der Waals surface area contributed by atoms with Gasteiger partial charge in [0.25, 0.3) is 0 Å². The molecule has 3 aliphatic heterocycles. The Hall–Kier alpha value is -1.73. The molecule has 0 unspecified atom stereocenters. The van der Waals surface area contributed by atoms with Crippen LogP contribution in [0.25, 0.3) is 0 Å². The normalized spacial score (nSPS) is 32.0. The van der Waals surface area contributed by atoms with Crippen LogP contribution in [0.1, 0.15) is 34.6 Å². The molecule has 0 bridgehead atoms. The fourth-order valence-corrected chi connectivity index (χ4v) is 2.34. The van der Waals surface area contributed by atoms with E-state index in [0.717, 1.165) is 0 Å². The number of hydrogen-bond donors (Lipinski definition) is 0. The first-order chi connectivity index (χ1) is 9.67.